The molecule has 0 saturated carbocycles. The molecule has 0 amide bonds. The Morgan fingerprint density at radius 2 is 2.31 bits per heavy atom. The van der Waals surface area contributed by atoms with Crippen LogP contribution in [0.2, 0.25) is 0 Å². The molecule has 92 valence electrons. The fourth-order valence-electron chi connectivity index (χ4n) is 1.56. The Bertz CT molecular complexity index is 287. The topological polar surface area (TPSA) is 66.0 Å². The number of hydrogen-bond acceptors (Lipinski definition) is 4. The lowest BCUT2D eigenvalue weighted by Crippen LogP contribution is -2.26. The predicted octanol–water partition coefficient (Wildman–Crippen LogP) is 0.984. The Morgan fingerprint density at radius 3 is 3.00 bits per heavy atom. The Morgan fingerprint density at radius 1 is 1.50 bits per heavy atom. The van der Waals surface area contributed by atoms with Crippen LogP contribution in [-0.4, -0.2) is 34.0 Å². The summed E-state index contributed by atoms with van der Waals surface area (Å²) in [7, 11) is 0. The van der Waals surface area contributed by atoms with Crippen molar-refractivity contribution >= 4 is 0 Å². The van der Waals surface area contributed by atoms with E-state index < -0.39 is 0 Å². The fraction of sp³-hybridized carbons (Fsp3) is 0.818. The van der Waals surface area contributed by atoms with E-state index >= 15 is 0 Å². The van der Waals surface area contributed by atoms with Gasteiger partial charge in [-0.3, -0.25) is 4.68 Å². The van der Waals surface area contributed by atoms with E-state index in [2.05, 4.69) is 17.0 Å². The van der Waals surface area contributed by atoms with E-state index in [-0.39, 0.29) is 6.04 Å². The number of aromatic nitrogens is 3. The molecule has 1 atom stereocenters. The average molecular weight is 226 g/mol. The summed E-state index contributed by atoms with van der Waals surface area (Å²) in [6.45, 7) is 6.50. The van der Waals surface area contributed by atoms with E-state index in [1.165, 1.54) is 0 Å². The molecule has 1 rings (SSSR count). The van der Waals surface area contributed by atoms with E-state index in [0.717, 1.165) is 44.8 Å². The minimum Gasteiger partial charge on any atom is -0.382 e. The van der Waals surface area contributed by atoms with E-state index in [9.17, 15) is 0 Å². The SMILES string of the molecule is CCCn1ncnc1CC(N)CCOCC. The van der Waals surface area contributed by atoms with Crippen molar-refractivity contribution in [1.82, 2.24) is 14.8 Å². The molecule has 0 spiro atoms. The molecule has 0 aliphatic heterocycles. The summed E-state index contributed by atoms with van der Waals surface area (Å²) >= 11 is 0. The maximum Gasteiger partial charge on any atom is 0.138 e. The van der Waals surface area contributed by atoms with Gasteiger partial charge in [0, 0.05) is 32.2 Å². The summed E-state index contributed by atoms with van der Waals surface area (Å²) in [5.74, 6) is 0.978. The third-order valence-electron chi connectivity index (χ3n) is 2.41. The average Bonchev–Trinajstić information content (AvgIpc) is 2.67. The molecular weight excluding hydrogens is 204 g/mol. The number of nitrogens with zero attached hydrogens (tertiary/aromatic N) is 3. The molecule has 0 radical (unpaired) electrons. The Balaban J connectivity index is 2.36. The standard InChI is InChI=1S/C11H22N4O/c1-3-6-15-11(13-9-14-15)8-10(12)5-7-16-4-2/h9-10H,3-8,12H2,1-2H3. The van der Waals surface area contributed by atoms with Gasteiger partial charge in [0.05, 0.1) is 0 Å². The van der Waals surface area contributed by atoms with E-state index in [1.807, 2.05) is 11.6 Å². The number of aryl methyl sites for hydroxylation is 1. The zero-order chi connectivity index (χ0) is 11.8. The van der Waals surface area contributed by atoms with Gasteiger partial charge in [-0.15, -0.1) is 0 Å². The molecule has 1 aromatic rings. The Labute approximate surface area is 97.0 Å². The van der Waals surface area contributed by atoms with Crippen molar-refractivity contribution in [3.8, 4) is 0 Å². The van der Waals surface area contributed by atoms with E-state index in [0.29, 0.717) is 0 Å². The van der Waals surface area contributed by atoms with Gasteiger partial charge in [0.15, 0.2) is 0 Å². The molecule has 0 aromatic carbocycles. The Hall–Kier alpha value is -0.940. The van der Waals surface area contributed by atoms with Crippen molar-refractivity contribution in [3.63, 3.8) is 0 Å². The summed E-state index contributed by atoms with van der Waals surface area (Å²) in [6, 6.07) is 0.103. The van der Waals surface area contributed by atoms with Gasteiger partial charge < -0.3 is 10.5 Å². The molecule has 1 unspecified atom stereocenters. The number of hydrogen-bond donors (Lipinski definition) is 1. The first kappa shape index (κ1) is 13.1. The van der Waals surface area contributed by atoms with Crippen LogP contribution in [0.3, 0.4) is 0 Å². The van der Waals surface area contributed by atoms with Crippen molar-refractivity contribution in [3.05, 3.63) is 12.2 Å². The van der Waals surface area contributed by atoms with Gasteiger partial charge in [0.2, 0.25) is 0 Å². The third kappa shape index (κ3) is 4.28. The molecule has 5 nitrogen and oxygen atoms in total. The van der Waals surface area contributed by atoms with Gasteiger partial charge in [-0.1, -0.05) is 6.92 Å². The molecule has 0 aliphatic rings. The van der Waals surface area contributed by atoms with E-state index in [4.69, 9.17) is 10.5 Å². The highest BCUT2D eigenvalue weighted by Gasteiger charge is 2.09. The Kier molecular flexibility index (Phi) is 6.03. The zero-order valence-electron chi connectivity index (χ0n) is 10.2. The van der Waals surface area contributed by atoms with Crippen LogP contribution in [0.25, 0.3) is 0 Å². The van der Waals surface area contributed by atoms with Gasteiger partial charge in [0.1, 0.15) is 12.2 Å². The molecule has 0 aliphatic carbocycles. The molecule has 0 fully saturated rings. The van der Waals surface area contributed by atoms with Crippen LogP contribution in [0.15, 0.2) is 6.33 Å². The van der Waals surface area contributed by atoms with Crippen LogP contribution in [0, 0.1) is 0 Å². The third-order valence-corrected chi connectivity index (χ3v) is 2.41. The lowest BCUT2D eigenvalue weighted by atomic mass is 10.1. The van der Waals surface area contributed by atoms with Crippen LogP contribution in [0.5, 0.6) is 0 Å². The monoisotopic (exact) mass is 226 g/mol. The second kappa shape index (κ2) is 7.35. The molecule has 1 heterocycles. The summed E-state index contributed by atoms with van der Waals surface area (Å²) in [5, 5.41) is 4.17. The normalized spacial score (nSPS) is 12.9. The van der Waals surface area contributed by atoms with Crippen LogP contribution >= 0.6 is 0 Å². The first-order valence-electron chi connectivity index (χ1n) is 5.97. The van der Waals surface area contributed by atoms with Crippen molar-refractivity contribution < 1.29 is 4.74 Å². The molecule has 0 bridgehead atoms. The van der Waals surface area contributed by atoms with Crippen LogP contribution in [0.1, 0.15) is 32.5 Å². The van der Waals surface area contributed by atoms with Crippen LogP contribution in [0.4, 0.5) is 0 Å². The van der Waals surface area contributed by atoms with Gasteiger partial charge in [-0.05, 0) is 19.8 Å². The summed E-state index contributed by atoms with van der Waals surface area (Å²) in [6.07, 6.45) is 4.30. The number of ether oxygens (including phenoxy) is 1. The van der Waals surface area contributed by atoms with Crippen LogP contribution < -0.4 is 5.73 Å². The highest BCUT2D eigenvalue weighted by molar-refractivity contribution is 4.88. The summed E-state index contributed by atoms with van der Waals surface area (Å²) < 4.78 is 7.21. The minimum absolute atomic E-state index is 0.103. The van der Waals surface area contributed by atoms with Gasteiger partial charge >= 0.3 is 0 Å². The molecule has 16 heavy (non-hydrogen) atoms. The summed E-state index contributed by atoms with van der Waals surface area (Å²) in [5.41, 5.74) is 6.01. The second-order valence-electron chi connectivity index (χ2n) is 3.85. The predicted molar refractivity (Wildman–Crippen MR) is 63.1 cm³/mol. The maximum atomic E-state index is 6.01. The zero-order valence-corrected chi connectivity index (χ0v) is 10.2. The second-order valence-corrected chi connectivity index (χ2v) is 3.85. The summed E-state index contributed by atoms with van der Waals surface area (Å²) in [4.78, 5) is 4.23. The van der Waals surface area contributed by atoms with Gasteiger partial charge in [-0.2, -0.15) is 5.10 Å². The van der Waals surface area contributed by atoms with Gasteiger partial charge in [0.25, 0.3) is 0 Å². The van der Waals surface area contributed by atoms with Crippen molar-refractivity contribution in [2.75, 3.05) is 13.2 Å². The molecule has 0 saturated heterocycles. The van der Waals surface area contributed by atoms with E-state index in [1.54, 1.807) is 6.33 Å². The minimum atomic E-state index is 0.103. The lowest BCUT2D eigenvalue weighted by molar-refractivity contribution is 0.139. The number of rotatable bonds is 8. The largest absolute Gasteiger partial charge is 0.382 e. The number of nitrogens with two attached hydrogens (primary N) is 1. The quantitative estimate of drug-likeness (QED) is 0.671. The first-order valence-corrected chi connectivity index (χ1v) is 5.97. The van der Waals surface area contributed by atoms with Crippen molar-refractivity contribution in [2.24, 2.45) is 5.73 Å². The highest BCUT2D eigenvalue weighted by Crippen LogP contribution is 2.02. The molecule has 5 heteroatoms. The molecule has 1 aromatic heterocycles. The molecule has 2 N–H and O–H groups in total. The first-order chi connectivity index (χ1) is 7.77. The van der Waals surface area contributed by atoms with Gasteiger partial charge in [-0.25, -0.2) is 4.98 Å². The molecular formula is C11H22N4O. The smallest absolute Gasteiger partial charge is 0.138 e. The van der Waals surface area contributed by atoms with Crippen molar-refractivity contribution in [2.45, 2.75) is 45.7 Å². The van der Waals surface area contributed by atoms with Crippen LogP contribution in [-0.2, 0) is 17.7 Å². The maximum absolute atomic E-state index is 6.01. The fourth-order valence-corrected chi connectivity index (χ4v) is 1.56. The highest BCUT2D eigenvalue weighted by atomic mass is 16.5. The van der Waals surface area contributed by atoms with Crippen molar-refractivity contribution in [1.29, 1.82) is 0 Å². The lowest BCUT2D eigenvalue weighted by Gasteiger charge is -2.11.